The van der Waals surface area contributed by atoms with Gasteiger partial charge in [0.15, 0.2) is 5.03 Å². The molecule has 1 atom stereocenters. The topological polar surface area (TPSA) is 80.1 Å². The van der Waals surface area contributed by atoms with E-state index in [4.69, 9.17) is 0 Å². The third kappa shape index (κ3) is 3.28. The highest BCUT2D eigenvalue weighted by Crippen LogP contribution is 2.18. The van der Waals surface area contributed by atoms with Crippen LogP contribution in [-0.2, 0) is 17.1 Å². The molecule has 0 aromatic carbocycles. The lowest BCUT2D eigenvalue weighted by molar-refractivity contribution is 0.463. The van der Waals surface area contributed by atoms with Gasteiger partial charge in [0.1, 0.15) is 5.82 Å². The highest BCUT2D eigenvalue weighted by molar-refractivity contribution is 7.89. The summed E-state index contributed by atoms with van der Waals surface area (Å²) in [6, 6.07) is 5.61. The van der Waals surface area contributed by atoms with Crippen LogP contribution in [0.5, 0.6) is 0 Å². The fourth-order valence-corrected chi connectivity index (χ4v) is 3.87. The van der Waals surface area contributed by atoms with Gasteiger partial charge in [0.2, 0.25) is 0 Å². The van der Waals surface area contributed by atoms with Gasteiger partial charge in [-0.3, -0.25) is 0 Å². The zero-order valence-electron chi connectivity index (χ0n) is 12.4. The van der Waals surface area contributed by atoms with Crippen molar-refractivity contribution in [3.63, 3.8) is 0 Å². The lowest BCUT2D eigenvalue weighted by Crippen LogP contribution is -2.48. The molecule has 0 spiro atoms. The molecule has 3 rings (SSSR count). The van der Waals surface area contributed by atoms with Crippen LogP contribution in [0.3, 0.4) is 0 Å². The maximum atomic E-state index is 12.3. The molecule has 118 valence electrons. The summed E-state index contributed by atoms with van der Waals surface area (Å²) in [4.78, 5) is 10.4. The van der Waals surface area contributed by atoms with E-state index in [0.29, 0.717) is 6.54 Å². The van der Waals surface area contributed by atoms with E-state index < -0.39 is 10.0 Å². The highest BCUT2D eigenvalue weighted by atomic mass is 32.2. The number of nitrogens with zero attached hydrogens (tertiary/aromatic N) is 4. The fourth-order valence-electron chi connectivity index (χ4n) is 2.63. The second-order valence-electron chi connectivity index (χ2n) is 5.47. The van der Waals surface area contributed by atoms with Gasteiger partial charge in [0.05, 0.1) is 6.33 Å². The van der Waals surface area contributed by atoms with Crippen LogP contribution in [0.1, 0.15) is 12.8 Å². The van der Waals surface area contributed by atoms with Crippen molar-refractivity contribution in [2.75, 3.05) is 18.0 Å². The van der Waals surface area contributed by atoms with E-state index >= 15 is 0 Å². The van der Waals surface area contributed by atoms with Gasteiger partial charge in [0.25, 0.3) is 10.0 Å². The van der Waals surface area contributed by atoms with Gasteiger partial charge in [0, 0.05) is 38.6 Å². The van der Waals surface area contributed by atoms with E-state index in [9.17, 15) is 8.42 Å². The zero-order chi connectivity index (χ0) is 15.6. The summed E-state index contributed by atoms with van der Waals surface area (Å²) in [6.45, 7) is 1.50. The number of anilines is 1. The molecular weight excluding hydrogens is 302 g/mol. The summed E-state index contributed by atoms with van der Waals surface area (Å²) in [5.41, 5.74) is 0. The third-order valence-corrected chi connectivity index (χ3v) is 5.08. The first kappa shape index (κ1) is 15.0. The molecule has 1 fully saturated rings. The molecule has 0 aliphatic carbocycles. The average molecular weight is 321 g/mol. The summed E-state index contributed by atoms with van der Waals surface area (Å²) >= 11 is 0. The Morgan fingerprint density at radius 3 is 2.86 bits per heavy atom. The molecule has 3 heterocycles. The number of hydrogen-bond donors (Lipinski definition) is 1. The Balaban J connectivity index is 1.70. The summed E-state index contributed by atoms with van der Waals surface area (Å²) < 4.78 is 29.0. The van der Waals surface area contributed by atoms with Crippen molar-refractivity contribution in [1.82, 2.24) is 19.3 Å². The monoisotopic (exact) mass is 321 g/mol. The van der Waals surface area contributed by atoms with Crippen LogP contribution in [0.25, 0.3) is 0 Å². The van der Waals surface area contributed by atoms with E-state index in [1.807, 2.05) is 18.2 Å². The normalized spacial score (nSPS) is 19.3. The van der Waals surface area contributed by atoms with Crippen LogP contribution in [0.2, 0.25) is 0 Å². The smallest absolute Gasteiger partial charge is 0.259 e. The Kier molecular flexibility index (Phi) is 4.12. The van der Waals surface area contributed by atoms with Crippen LogP contribution < -0.4 is 9.62 Å². The molecule has 0 saturated carbocycles. The van der Waals surface area contributed by atoms with Gasteiger partial charge >= 0.3 is 0 Å². The molecule has 22 heavy (non-hydrogen) atoms. The van der Waals surface area contributed by atoms with Crippen LogP contribution in [0.4, 0.5) is 5.82 Å². The Hall–Kier alpha value is -1.93. The van der Waals surface area contributed by atoms with E-state index in [-0.39, 0.29) is 11.1 Å². The molecule has 1 N–H and O–H groups in total. The van der Waals surface area contributed by atoms with Gasteiger partial charge in [-0.15, -0.1) is 0 Å². The van der Waals surface area contributed by atoms with Crippen LogP contribution in [-0.4, -0.2) is 42.1 Å². The third-order valence-electron chi connectivity index (χ3n) is 3.67. The Morgan fingerprint density at radius 2 is 2.18 bits per heavy atom. The first-order chi connectivity index (χ1) is 10.5. The van der Waals surface area contributed by atoms with Gasteiger partial charge in [-0.2, -0.15) is 0 Å². The number of piperidine rings is 1. The molecule has 0 bridgehead atoms. The molecule has 8 heteroatoms. The number of pyridine rings is 1. The van der Waals surface area contributed by atoms with Crippen molar-refractivity contribution in [3.05, 3.63) is 36.9 Å². The predicted octanol–water partition coefficient (Wildman–Crippen LogP) is 0.762. The highest BCUT2D eigenvalue weighted by Gasteiger charge is 2.26. The van der Waals surface area contributed by atoms with Crippen LogP contribution in [0, 0.1) is 0 Å². The number of rotatable bonds is 4. The standard InChI is InChI=1S/C14H19N5O2S/c1-18-10-14(16-11-18)22(20,21)17-12-5-4-8-19(9-12)13-6-2-3-7-15-13/h2-3,6-7,10-12,17H,4-5,8-9H2,1H3/t12-/m0/s1. The Bertz CT molecular complexity index is 729. The molecule has 0 unspecified atom stereocenters. The maximum Gasteiger partial charge on any atom is 0.259 e. The van der Waals surface area contributed by atoms with E-state index in [1.54, 1.807) is 17.8 Å². The summed E-state index contributed by atoms with van der Waals surface area (Å²) in [5.74, 6) is 0.879. The minimum Gasteiger partial charge on any atom is -0.355 e. The lowest BCUT2D eigenvalue weighted by atomic mass is 10.1. The number of sulfonamides is 1. The Morgan fingerprint density at radius 1 is 1.32 bits per heavy atom. The molecule has 7 nitrogen and oxygen atoms in total. The number of imidazole rings is 1. The molecule has 1 aliphatic heterocycles. The molecule has 1 aliphatic rings. The number of nitrogens with one attached hydrogen (secondary N) is 1. The summed E-state index contributed by atoms with van der Waals surface area (Å²) in [7, 11) is -1.83. The Labute approximate surface area is 130 Å². The molecule has 2 aromatic rings. The second-order valence-corrected chi connectivity index (χ2v) is 7.13. The molecule has 0 amide bonds. The van der Waals surface area contributed by atoms with Gasteiger partial charge in [-0.25, -0.2) is 23.1 Å². The SMILES string of the molecule is Cn1cnc(S(=O)(=O)N[C@H]2CCCN(c3ccccn3)C2)c1. The van der Waals surface area contributed by atoms with Gasteiger partial charge < -0.3 is 9.47 Å². The predicted molar refractivity (Wildman–Crippen MR) is 83.0 cm³/mol. The largest absolute Gasteiger partial charge is 0.355 e. The van der Waals surface area contributed by atoms with E-state index in [2.05, 4.69) is 19.6 Å². The number of aromatic nitrogens is 3. The van der Waals surface area contributed by atoms with Gasteiger partial charge in [-0.1, -0.05) is 6.07 Å². The van der Waals surface area contributed by atoms with Crippen molar-refractivity contribution in [2.24, 2.45) is 7.05 Å². The number of aryl methyl sites for hydroxylation is 1. The second kappa shape index (κ2) is 6.05. The van der Waals surface area contributed by atoms with Crippen molar-refractivity contribution in [2.45, 2.75) is 23.9 Å². The van der Waals surface area contributed by atoms with Gasteiger partial charge in [-0.05, 0) is 25.0 Å². The first-order valence-corrected chi connectivity index (χ1v) is 8.69. The van der Waals surface area contributed by atoms with E-state index in [1.165, 1.54) is 12.5 Å². The van der Waals surface area contributed by atoms with Crippen LogP contribution in [0.15, 0.2) is 41.9 Å². The van der Waals surface area contributed by atoms with Crippen molar-refractivity contribution in [1.29, 1.82) is 0 Å². The average Bonchev–Trinajstić information content (AvgIpc) is 2.96. The first-order valence-electron chi connectivity index (χ1n) is 7.21. The van der Waals surface area contributed by atoms with E-state index in [0.717, 1.165) is 25.2 Å². The maximum absolute atomic E-state index is 12.3. The number of hydrogen-bond acceptors (Lipinski definition) is 5. The molecule has 2 aromatic heterocycles. The lowest BCUT2D eigenvalue weighted by Gasteiger charge is -2.33. The molecular formula is C14H19N5O2S. The summed E-state index contributed by atoms with van der Waals surface area (Å²) in [6.07, 6.45) is 6.47. The fraction of sp³-hybridized carbons (Fsp3) is 0.429. The molecule has 1 saturated heterocycles. The van der Waals surface area contributed by atoms with Crippen molar-refractivity contribution < 1.29 is 8.42 Å². The van der Waals surface area contributed by atoms with Crippen molar-refractivity contribution in [3.8, 4) is 0 Å². The molecule has 0 radical (unpaired) electrons. The summed E-state index contributed by atoms with van der Waals surface area (Å²) in [5, 5.41) is 0.0601. The minimum atomic E-state index is -3.57. The van der Waals surface area contributed by atoms with Crippen LogP contribution >= 0.6 is 0 Å². The quantitative estimate of drug-likeness (QED) is 0.899. The minimum absolute atomic E-state index is 0.0601. The van der Waals surface area contributed by atoms with Crippen molar-refractivity contribution >= 4 is 15.8 Å². The zero-order valence-corrected chi connectivity index (χ0v) is 13.2.